The predicted octanol–water partition coefficient (Wildman–Crippen LogP) is 2.69. The Balaban J connectivity index is 2.81. The van der Waals surface area contributed by atoms with E-state index in [1.165, 1.54) is 12.1 Å². The monoisotopic (exact) mass is 281 g/mol. The number of rotatable bonds is 4. The number of nitrogen functional groups attached to an aromatic ring is 1. The van der Waals surface area contributed by atoms with Gasteiger partial charge in [0.15, 0.2) is 9.84 Å². The molecule has 0 bridgehead atoms. The number of hydrogen-bond acceptors (Lipinski definition) is 3. The van der Waals surface area contributed by atoms with Gasteiger partial charge in [-0.05, 0) is 31.0 Å². The summed E-state index contributed by atoms with van der Waals surface area (Å²) < 4.78 is 59.4. The Morgan fingerprint density at radius 2 is 1.89 bits per heavy atom. The second-order valence-corrected chi connectivity index (χ2v) is 6.16. The van der Waals surface area contributed by atoms with Gasteiger partial charge in [-0.2, -0.15) is 13.2 Å². The minimum atomic E-state index is -4.34. The molecule has 3 nitrogen and oxygen atoms in total. The van der Waals surface area contributed by atoms with Gasteiger partial charge >= 0.3 is 6.18 Å². The van der Waals surface area contributed by atoms with Gasteiger partial charge < -0.3 is 5.73 Å². The molecule has 0 aromatic heterocycles. The van der Waals surface area contributed by atoms with Crippen LogP contribution in [0.4, 0.5) is 18.9 Å². The van der Waals surface area contributed by atoms with E-state index in [0.29, 0.717) is 0 Å². The molecule has 0 aliphatic heterocycles. The largest absolute Gasteiger partial charge is 0.398 e. The Morgan fingerprint density at radius 3 is 2.39 bits per heavy atom. The van der Waals surface area contributed by atoms with E-state index in [2.05, 4.69) is 0 Å². The number of nitrogens with two attached hydrogens (primary N) is 1. The molecule has 0 saturated carbocycles. The molecule has 0 aliphatic carbocycles. The number of halogens is 3. The van der Waals surface area contributed by atoms with E-state index in [1.54, 1.807) is 13.0 Å². The van der Waals surface area contributed by atoms with Crippen molar-refractivity contribution in [2.45, 2.75) is 30.8 Å². The van der Waals surface area contributed by atoms with Gasteiger partial charge in [-0.25, -0.2) is 8.42 Å². The molecule has 0 radical (unpaired) electrons. The zero-order chi connectivity index (χ0) is 14.0. The second-order valence-electron chi connectivity index (χ2n) is 4.08. The Bertz CT molecular complexity index is 524. The summed E-state index contributed by atoms with van der Waals surface area (Å²) in [5.74, 6) is -0.556. The molecule has 0 atom stereocenters. The summed E-state index contributed by atoms with van der Waals surface area (Å²) in [5, 5.41) is 0. The molecule has 1 aromatic carbocycles. The van der Waals surface area contributed by atoms with Crippen molar-refractivity contribution < 1.29 is 21.6 Å². The first kappa shape index (κ1) is 14.8. The van der Waals surface area contributed by atoms with E-state index < -0.39 is 34.6 Å². The Labute approximate surface area is 104 Å². The lowest BCUT2D eigenvalue weighted by Crippen LogP contribution is -2.13. The highest BCUT2D eigenvalue weighted by atomic mass is 32.2. The minimum absolute atomic E-state index is 0.0713. The van der Waals surface area contributed by atoms with Crippen molar-refractivity contribution in [2.75, 3.05) is 11.5 Å². The number of anilines is 1. The molecular formula is C11H14F3NO2S. The van der Waals surface area contributed by atoms with Gasteiger partial charge in [-0.1, -0.05) is 6.07 Å². The first-order valence-electron chi connectivity index (χ1n) is 5.27. The van der Waals surface area contributed by atoms with Crippen molar-refractivity contribution in [3.8, 4) is 0 Å². The quantitative estimate of drug-likeness (QED) is 0.863. The molecular weight excluding hydrogens is 267 g/mol. The fraction of sp³-hybridized carbons (Fsp3) is 0.455. The number of alkyl halides is 3. The molecule has 0 aliphatic rings. The number of aryl methyl sites for hydroxylation is 1. The molecule has 0 amide bonds. The van der Waals surface area contributed by atoms with Gasteiger partial charge in [-0.3, -0.25) is 0 Å². The summed E-state index contributed by atoms with van der Waals surface area (Å²) in [7, 11) is -3.76. The summed E-state index contributed by atoms with van der Waals surface area (Å²) in [6.45, 7) is 1.75. The summed E-state index contributed by atoms with van der Waals surface area (Å²) in [4.78, 5) is -0.102. The first-order valence-corrected chi connectivity index (χ1v) is 6.93. The van der Waals surface area contributed by atoms with E-state index in [9.17, 15) is 21.6 Å². The predicted molar refractivity (Wildman–Crippen MR) is 62.9 cm³/mol. The molecule has 0 unspecified atom stereocenters. The molecule has 2 N–H and O–H groups in total. The highest BCUT2D eigenvalue weighted by Crippen LogP contribution is 2.25. The maximum absolute atomic E-state index is 11.9. The van der Waals surface area contributed by atoms with Crippen molar-refractivity contribution in [1.29, 1.82) is 0 Å². The van der Waals surface area contributed by atoms with Crippen LogP contribution in [0.5, 0.6) is 0 Å². The van der Waals surface area contributed by atoms with Crippen LogP contribution in [-0.2, 0) is 9.84 Å². The lowest BCUT2D eigenvalue weighted by Gasteiger charge is -2.09. The summed E-state index contributed by atoms with van der Waals surface area (Å²) >= 11 is 0. The van der Waals surface area contributed by atoms with Crippen molar-refractivity contribution >= 4 is 15.5 Å². The van der Waals surface area contributed by atoms with E-state index in [1.807, 2.05) is 0 Å². The van der Waals surface area contributed by atoms with Gasteiger partial charge in [0.25, 0.3) is 0 Å². The van der Waals surface area contributed by atoms with Crippen LogP contribution in [0.2, 0.25) is 0 Å². The van der Waals surface area contributed by atoms with Crippen molar-refractivity contribution in [3.63, 3.8) is 0 Å². The van der Waals surface area contributed by atoms with Crippen LogP contribution in [-0.4, -0.2) is 20.3 Å². The molecule has 0 spiro atoms. The first-order chi connectivity index (χ1) is 8.12. The maximum atomic E-state index is 11.9. The average Bonchev–Trinajstić information content (AvgIpc) is 2.13. The third kappa shape index (κ3) is 4.21. The van der Waals surface area contributed by atoms with Crippen molar-refractivity contribution in [1.82, 2.24) is 0 Å². The van der Waals surface area contributed by atoms with E-state index >= 15 is 0 Å². The Hall–Kier alpha value is -1.24. The van der Waals surface area contributed by atoms with Gasteiger partial charge in [-0.15, -0.1) is 0 Å². The van der Waals surface area contributed by atoms with Crippen molar-refractivity contribution in [2.24, 2.45) is 0 Å². The third-order valence-corrected chi connectivity index (χ3v) is 4.24. The average molecular weight is 281 g/mol. The maximum Gasteiger partial charge on any atom is 0.389 e. The smallest absolute Gasteiger partial charge is 0.389 e. The highest BCUT2D eigenvalue weighted by Gasteiger charge is 2.28. The Kier molecular flexibility index (Phi) is 4.26. The lowest BCUT2D eigenvalue weighted by atomic mass is 10.2. The fourth-order valence-corrected chi connectivity index (χ4v) is 2.96. The van der Waals surface area contributed by atoms with E-state index in [4.69, 9.17) is 5.73 Å². The van der Waals surface area contributed by atoms with Gasteiger partial charge in [0.1, 0.15) is 0 Å². The van der Waals surface area contributed by atoms with Gasteiger partial charge in [0.05, 0.1) is 16.3 Å². The van der Waals surface area contributed by atoms with Gasteiger partial charge in [0.2, 0.25) is 0 Å². The zero-order valence-corrected chi connectivity index (χ0v) is 10.6. The van der Waals surface area contributed by atoms with Crippen LogP contribution >= 0.6 is 0 Å². The lowest BCUT2D eigenvalue weighted by molar-refractivity contribution is -0.134. The topological polar surface area (TPSA) is 60.2 Å². The summed E-state index contributed by atoms with van der Waals surface area (Å²) in [5.41, 5.74) is 6.43. The molecule has 0 saturated heterocycles. The second kappa shape index (κ2) is 5.17. The summed E-state index contributed by atoms with van der Waals surface area (Å²) in [6.07, 6.45) is -5.91. The normalized spacial score (nSPS) is 12.7. The molecule has 1 rings (SSSR count). The van der Waals surface area contributed by atoms with Crippen LogP contribution in [0.1, 0.15) is 18.4 Å². The van der Waals surface area contributed by atoms with Crippen molar-refractivity contribution in [3.05, 3.63) is 23.8 Å². The van der Waals surface area contributed by atoms with E-state index in [0.717, 1.165) is 5.56 Å². The Morgan fingerprint density at radius 1 is 1.28 bits per heavy atom. The molecule has 7 heteroatoms. The van der Waals surface area contributed by atoms with Crippen LogP contribution < -0.4 is 5.73 Å². The standard InChI is InChI=1S/C11H14F3NO2S/c1-8-3-4-10(9(15)7-8)18(16,17)6-2-5-11(12,13)14/h3-4,7H,2,5-6,15H2,1H3. The third-order valence-electron chi connectivity index (χ3n) is 2.37. The molecule has 0 fully saturated rings. The molecule has 18 heavy (non-hydrogen) atoms. The molecule has 102 valence electrons. The minimum Gasteiger partial charge on any atom is -0.398 e. The SMILES string of the molecule is Cc1ccc(S(=O)(=O)CCCC(F)(F)F)c(N)c1. The van der Waals surface area contributed by atoms with Gasteiger partial charge in [0, 0.05) is 6.42 Å². The van der Waals surface area contributed by atoms with E-state index in [-0.39, 0.29) is 10.6 Å². The zero-order valence-electron chi connectivity index (χ0n) is 9.79. The molecule has 0 heterocycles. The van der Waals surface area contributed by atoms with Crippen LogP contribution in [0.25, 0.3) is 0 Å². The molecule has 1 aromatic rings. The number of benzene rings is 1. The number of hydrogen-bond donors (Lipinski definition) is 1. The summed E-state index contributed by atoms with van der Waals surface area (Å²) in [6, 6.07) is 4.37. The highest BCUT2D eigenvalue weighted by molar-refractivity contribution is 7.91. The van der Waals surface area contributed by atoms with Crippen LogP contribution in [0, 0.1) is 6.92 Å². The van der Waals surface area contributed by atoms with Crippen LogP contribution in [0.3, 0.4) is 0 Å². The van der Waals surface area contributed by atoms with Crippen LogP contribution in [0.15, 0.2) is 23.1 Å². The number of sulfone groups is 1. The fourth-order valence-electron chi connectivity index (χ4n) is 1.52.